The molecule has 0 atom stereocenters. The van der Waals surface area contributed by atoms with Crippen LogP contribution in [0.15, 0.2) is 84.1 Å². The summed E-state index contributed by atoms with van der Waals surface area (Å²) < 4.78 is 37.6. The number of nitrogens with one attached hydrogen (secondary N) is 1. The Hall–Kier alpha value is -4.51. The van der Waals surface area contributed by atoms with Crippen molar-refractivity contribution in [3.05, 3.63) is 84.9 Å². The zero-order valence-electron chi connectivity index (χ0n) is 20.4. The second-order valence-electron chi connectivity index (χ2n) is 8.55. The molecular weight excluding hydrogens is 492 g/mol. The number of pyridine rings is 1. The van der Waals surface area contributed by atoms with Gasteiger partial charge in [-0.15, -0.1) is 0 Å². The molecule has 0 bridgehead atoms. The minimum Gasteiger partial charge on any atom is -0.495 e. The van der Waals surface area contributed by atoms with Crippen LogP contribution >= 0.6 is 0 Å². The number of benzene rings is 2. The van der Waals surface area contributed by atoms with Crippen molar-refractivity contribution >= 4 is 26.8 Å². The van der Waals surface area contributed by atoms with Crippen LogP contribution in [0.1, 0.15) is 30.4 Å². The van der Waals surface area contributed by atoms with Gasteiger partial charge in [-0.3, -0.25) is 9.48 Å². The van der Waals surface area contributed by atoms with Gasteiger partial charge >= 0.3 is 0 Å². The fraction of sp³-hybridized carbons (Fsp3) is 0.154. The number of rotatable bonds is 7. The zero-order chi connectivity index (χ0) is 26.2. The number of ether oxygens (including phenoxy) is 1. The maximum atomic E-state index is 13.3. The highest BCUT2D eigenvalue weighted by molar-refractivity contribution is 7.90. The van der Waals surface area contributed by atoms with Gasteiger partial charge in [-0.05, 0) is 68.4 Å². The summed E-state index contributed by atoms with van der Waals surface area (Å²) in [4.78, 5) is 17.2. The maximum absolute atomic E-state index is 13.3. The molecule has 0 unspecified atom stereocenters. The Morgan fingerprint density at radius 3 is 2.57 bits per heavy atom. The van der Waals surface area contributed by atoms with E-state index in [1.165, 1.54) is 19.2 Å². The van der Waals surface area contributed by atoms with E-state index in [2.05, 4.69) is 19.9 Å². The van der Waals surface area contributed by atoms with Crippen molar-refractivity contribution in [1.82, 2.24) is 29.3 Å². The van der Waals surface area contributed by atoms with Gasteiger partial charge in [-0.1, -0.05) is 6.07 Å². The van der Waals surface area contributed by atoms with E-state index in [0.717, 1.165) is 16.8 Å². The molecule has 188 valence electrons. The van der Waals surface area contributed by atoms with E-state index in [1.807, 2.05) is 19.9 Å². The van der Waals surface area contributed by atoms with Crippen molar-refractivity contribution in [2.24, 2.45) is 0 Å². The number of carbonyl (C=O) groups excluding carboxylic acids is 1. The van der Waals surface area contributed by atoms with Crippen LogP contribution in [-0.4, -0.2) is 46.0 Å². The summed E-state index contributed by atoms with van der Waals surface area (Å²) in [5.41, 5.74) is 2.64. The lowest BCUT2D eigenvalue weighted by molar-refractivity contribution is 0.0977. The van der Waals surface area contributed by atoms with Crippen LogP contribution in [0.5, 0.6) is 5.75 Å². The Labute approximate surface area is 213 Å². The molecule has 0 aliphatic carbocycles. The van der Waals surface area contributed by atoms with Gasteiger partial charge in [-0.25, -0.2) is 22.8 Å². The first-order valence-corrected chi connectivity index (χ1v) is 13.0. The third-order valence-electron chi connectivity index (χ3n) is 5.83. The lowest BCUT2D eigenvalue weighted by Crippen LogP contribution is -2.31. The normalized spacial score (nSPS) is 11.7. The van der Waals surface area contributed by atoms with E-state index < -0.39 is 15.9 Å². The van der Waals surface area contributed by atoms with Crippen LogP contribution in [0.3, 0.4) is 0 Å². The molecule has 0 aliphatic heterocycles. The van der Waals surface area contributed by atoms with Gasteiger partial charge in [0.2, 0.25) is 0 Å². The molecule has 1 N–H and O–H groups in total. The van der Waals surface area contributed by atoms with Crippen LogP contribution in [0.2, 0.25) is 0 Å². The van der Waals surface area contributed by atoms with Crippen LogP contribution < -0.4 is 9.46 Å². The molecule has 0 saturated heterocycles. The van der Waals surface area contributed by atoms with Crippen LogP contribution in [-0.2, 0) is 10.0 Å². The Balaban J connectivity index is 1.48. The Kier molecular flexibility index (Phi) is 6.22. The predicted molar refractivity (Wildman–Crippen MR) is 138 cm³/mol. The molecule has 3 aromatic heterocycles. The third-order valence-corrected chi connectivity index (χ3v) is 7.18. The summed E-state index contributed by atoms with van der Waals surface area (Å²) in [6.07, 6.45) is 5.12. The topological polar surface area (TPSA) is 121 Å². The van der Waals surface area contributed by atoms with Crippen LogP contribution in [0, 0.1) is 0 Å². The van der Waals surface area contributed by atoms with Crippen molar-refractivity contribution in [3.8, 4) is 22.7 Å². The van der Waals surface area contributed by atoms with Crippen molar-refractivity contribution in [1.29, 1.82) is 0 Å². The van der Waals surface area contributed by atoms with Gasteiger partial charge in [-0.2, -0.15) is 10.2 Å². The quantitative estimate of drug-likeness (QED) is 0.347. The van der Waals surface area contributed by atoms with E-state index in [-0.39, 0.29) is 22.4 Å². The van der Waals surface area contributed by atoms with Gasteiger partial charge in [0.15, 0.2) is 0 Å². The minimum atomic E-state index is -4.30. The zero-order valence-corrected chi connectivity index (χ0v) is 21.2. The fourth-order valence-corrected chi connectivity index (χ4v) is 5.26. The first-order valence-electron chi connectivity index (χ1n) is 11.5. The van der Waals surface area contributed by atoms with E-state index in [4.69, 9.17) is 4.74 Å². The van der Waals surface area contributed by atoms with Crippen molar-refractivity contribution in [3.63, 3.8) is 0 Å². The lowest BCUT2D eigenvalue weighted by atomic mass is 10.1. The summed E-state index contributed by atoms with van der Waals surface area (Å²) in [5, 5.41) is 9.33. The summed E-state index contributed by atoms with van der Waals surface area (Å²) >= 11 is 0. The molecular formula is C26H24N6O4S. The molecule has 37 heavy (non-hydrogen) atoms. The summed E-state index contributed by atoms with van der Waals surface area (Å²) in [7, 11) is -2.93. The first-order chi connectivity index (χ1) is 17.8. The first kappa shape index (κ1) is 24.2. The molecule has 3 heterocycles. The predicted octanol–water partition coefficient (Wildman–Crippen LogP) is 3.99. The molecule has 0 fully saturated rings. The number of hydrogen-bond donors (Lipinski definition) is 1. The standard InChI is InChI=1S/C26H24N6O4S/c1-17(2)32-22(12-14-28-32)18-8-11-24(36-3)25(16-18)37(34,35)30-26(33)21-10-9-19-20(29-21)6-4-7-23(19)31-15-5-13-27-31/h4-17H,1-3H3,(H,30,33). The monoisotopic (exact) mass is 516 g/mol. The summed E-state index contributed by atoms with van der Waals surface area (Å²) in [6.45, 7) is 3.96. The van der Waals surface area contributed by atoms with Crippen LogP contribution in [0.4, 0.5) is 0 Å². The minimum absolute atomic E-state index is 0.0401. The van der Waals surface area contributed by atoms with Crippen molar-refractivity contribution < 1.29 is 17.9 Å². The van der Waals surface area contributed by atoms with E-state index in [1.54, 1.807) is 70.4 Å². The molecule has 0 aliphatic rings. The number of fused-ring (bicyclic) bond motifs is 1. The molecule has 0 spiro atoms. The number of nitrogens with zero attached hydrogens (tertiary/aromatic N) is 5. The van der Waals surface area contributed by atoms with Gasteiger partial charge < -0.3 is 4.74 Å². The number of amides is 1. The van der Waals surface area contributed by atoms with Gasteiger partial charge in [0.05, 0.1) is 24.0 Å². The molecule has 0 saturated carbocycles. The second kappa shape index (κ2) is 9.51. The largest absolute Gasteiger partial charge is 0.495 e. The van der Waals surface area contributed by atoms with Crippen LogP contribution in [0.25, 0.3) is 27.8 Å². The molecule has 5 aromatic rings. The smallest absolute Gasteiger partial charge is 0.283 e. The lowest BCUT2D eigenvalue weighted by Gasteiger charge is -2.15. The molecule has 10 nitrogen and oxygen atoms in total. The molecule has 11 heteroatoms. The number of aromatic nitrogens is 5. The summed E-state index contributed by atoms with van der Waals surface area (Å²) in [5.74, 6) is -0.749. The summed E-state index contributed by atoms with van der Waals surface area (Å²) in [6, 6.07) is 17.1. The number of carbonyl (C=O) groups is 1. The van der Waals surface area contributed by atoms with E-state index in [9.17, 15) is 13.2 Å². The highest BCUT2D eigenvalue weighted by Crippen LogP contribution is 2.31. The van der Waals surface area contributed by atoms with Gasteiger partial charge in [0.25, 0.3) is 15.9 Å². The molecule has 1 amide bonds. The average Bonchev–Trinajstić information content (AvgIpc) is 3.60. The van der Waals surface area contributed by atoms with Crippen molar-refractivity contribution in [2.75, 3.05) is 7.11 Å². The second-order valence-corrected chi connectivity index (χ2v) is 10.2. The third kappa shape index (κ3) is 4.56. The fourth-order valence-electron chi connectivity index (χ4n) is 4.11. The Bertz CT molecular complexity index is 1710. The maximum Gasteiger partial charge on any atom is 0.283 e. The number of sulfonamides is 1. The molecule has 5 rings (SSSR count). The average molecular weight is 517 g/mol. The molecule has 2 aromatic carbocycles. The van der Waals surface area contributed by atoms with Crippen molar-refractivity contribution in [2.45, 2.75) is 24.8 Å². The Morgan fingerprint density at radius 2 is 1.84 bits per heavy atom. The highest BCUT2D eigenvalue weighted by Gasteiger charge is 2.25. The number of hydrogen-bond acceptors (Lipinski definition) is 7. The highest BCUT2D eigenvalue weighted by atomic mass is 32.2. The van der Waals surface area contributed by atoms with E-state index >= 15 is 0 Å². The van der Waals surface area contributed by atoms with Gasteiger partial charge in [0.1, 0.15) is 16.3 Å². The molecule has 0 radical (unpaired) electrons. The SMILES string of the molecule is COc1ccc(-c2ccnn2C(C)C)cc1S(=O)(=O)NC(=O)c1ccc2c(-n3cccn3)cccc2n1. The van der Waals surface area contributed by atoms with Gasteiger partial charge in [0, 0.05) is 35.6 Å². The number of methoxy groups -OCH3 is 1. The van der Waals surface area contributed by atoms with E-state index in [0.29, 0.717) is 11.1 Å². The Morgan fingerprint density at radius 1 is 1.00 bits per heavy atom.